The van der Waals surface area contributed by atoms with E-state index in [-0.39, 0.29) is 10.9 Å². The summed E-state index contributed by atoms with van der Waals surface area (Å²) in [5, 5.41) is 9.74. The summed E-state index contributed by atoms with van der Waals surface area (Å²) < 4.78 is 2.16. The van der Waals surface area contributed by atoms with Crippen molar-refractivity contribution in [3.8, 4) is 0 Å². The SMILES string of the molecule is CCCCCCCCc1csc2c1c(=O)c1cc3c(cc12)c(=O)c1c(CCCCCCCC)csc13. The molecule has 0 unspecified atom stereocenters. The number of benzene rings is 1. The van der Waals surface area contributed by atoms with E-state index >= 15 is 0 Å². The van der Waals surface area contributed by atoms with Crippen molar-refractivity contribution in [3.63, 3.8) is 0 Å². The van der Waals surface area contributed by atoms with Gasteiger partial charge in [-0.1, -0.05) is 78.1 Å². The molecule has 0 atom stereocenters. The predicted octanol–water partition coefficient (Wildman–Crippen LogP) is 9.82. The molecule has 0 saturated heterocycles. The van der Waals surface area contributed by atoms with Crippen LogP contribution in [0.15, 0.2) is 32.5 Å². The van der Waals surface area contributed by atoms with Gasteiger partial charge in [-0.2, -0.15) is 0 Å². The zero-order valence-corrected chi connectivity index (χ0v) is 23.5. The first kappa shape index (κ1) is 25.6. The molecule has 3 aromatic carbocycles. The van der Waals surface area contributed by atoms with Gasteiger partial charge in [0.1, 0.15) is 0 Å². The Hall–Kier alpha value is -2.04. The summed E-state index contributed by atoms with van der Waals surface area (Å²) in [5.74, 6) is 0. The molecular weight excluding hydrogens is 480 g/mol. The van der Waals surface area contributed by atoms with Gasteiger partial charge >= 0.3 is 0 Å². The first-order chi connectivity index (χ1) is 17.7. The zero-order valence-electron chi connectivity index (χ0n) is 21.8. The first-order valence-corrected chi connectivity index (χ1v) is 15.9. The second-order valence-electron chi connectivity index (χ2n) is 10.6. The summed E-state index contributed by atoms with van der Waals surface area (Å²) in [6.07, 6.45) is 17.1. The second kappa shape index (κ2) is 11.6. The second-order valence-corrected chi connectivity index (χ2v) is 12.3. The standard InChI is InChI=1S/C32H38O2S2/c1-3-5-7-9-11-13-15-21-19-35-31-25-18-24-26(17-23(25)29(33)27(21)31)32-28(30(24)34)22(20-36-32)16-14-12-10-8-6-4-2/h17-20H,3-16H2,1-2H3. The zero-order chi connectivity index (χ0) is 25.1. The highest BCUT2D eigenvalue weighted by molar-refractivity contribution is 7.19. The normalized spacial score (nSPS) is 12.3. The molecule has 0 saturated carbocycles. The van der Waals surface area contributed by atoms with Gasteiger partial charge in [0.05, 0.1) is 0 Å². The highest BCUT2D eigenvalue weighted by atomic mass is 32.1. The minimum absolute atomic E-state index is 0.162. The number of aryl methyl sites for hydroxylation is 2. The van der Waals surface area contributed by atoms with Crippen molar-refractivity contribution in [2.24, 2.45) is 0 Å². The van der Waals surface area contributed by atoms with E-state index in [2.05, 4.69) is 24.6 Å². The molecule has 4 heteroatoms. The third-order valence-corrected chi connectivity index (χ3v) is 10.0. The molecule has 0 spiro atoms. The van der Waals surface area contributed by atoms with Crippen LogP contribution in [0.25, 0.3) is 41.7 Å². The molecule has 5 aromatic rings. The number of thiophene rings is 2. The number of hydrogen-bond donors (Lipinski definition) is 0. The Balaban J connectivity index is 1.42. The van der Waals surface area contributed by atoms with E-state index in [9.17, 15) is 9.59 Å². The third-order valence-electron chi connectivity index (χ3n) is 7.92. The van der Waals surface area contributed by atoms with Crippen LogP contribution in [-0.2, 0) is 12.8 Å². The van der Waals surface area contributed by atoms with Crippen LogP contribution < -0.4 is 10.9 Å². The van der Waals surface area contributed by atoms with Crippen molar-refractivity contribution in [3.05, 3.63) is 54.5 Å². The lowest BCUT2D eigenvalue weighted by Gasteiger charge is -2.00. The largest absolute Gasteiger partial charge is 0.289 e. The van der Waals surface area contributed by atoms with Crippen LogP contribution in [0.2, 0.25) is 0 Å². The van der Waals surface area contributed by atoms with Crippen molar-refractivity contribution in [2.45, 2.75) is 104 Å². The minimum Gasteiger partial charge on any atom is -0.289 e. The quantitative estimate of drug-likeness (QED) is 0.137. The maximum absolute atomic E-state index is 13.5. The third kappa shape index (κ3) is 4.79. The minimum atomic E-state index is 0.162. The van der Waals surface area contributed by atoms with E-state index in [1.54, 1.807) is 22.7 Å². The monoisotopic (exact) mass is 518 g/mol. The van der Waals surface area contributed by atoms with Gasteiger partial charge in [-0.3, -0.25) is 9.59 Å². The van der Waals surface area contributed by atoms with Crippen LogP contribution in [-0.4, -0.2) is 0 Å². The first-order valence-electron chi connectivity index (χ1n) is 14.1. The van der Waals surface area contributed by atoms with Crippen LogP contribution in [0.5, 0.6) is 0 Å². The molecule has 0 aliphatic rings. The van der Waals surface area contributed by atoms with Crippen molar-refractivity contribution in [2.75, 3.05) is 0 Å². The fourth-order valence-electron chi connectivity index (χ4n) is 5.86. The van der Waals surface area contributed by atoms with Crippen LogP contribution >= 0.6 is 22.7 Å². The Morgan fingerprint density at radius 1 is 0.528 bits per heavy atom. The van der Waals surface area contributed by atoms with E-state index in [4.69, 9.17) is 0 Å². The Kier molecular flexibility index (Phi) is 8.22. The van der Waals surface area contributed by atoms with Gasteiger partial charge < -0.3 is 0 Å². The van der Waals surface area contributed by atoms with Crippen molar-refractivity contribution < 1.29 is 0 Å². The summed E-state index contributed by atoms with van der Waals surface area (Å²) in [5.41, 5.74) is 2.73. The van der Waals surface area contributed by atoms with Crippen LogP contribution in [0.1, 0.15) is 102 Å². The lowest BCUT2D eigenvalue weighted by molar-refractivity contribution is 0.608. The lowest BCUT2D eigenvalue weighted by Crippen LogP contribution is -1.98. The molecule has 0 aliphatic carbocycles. The highest BCUT2D eigenvalue weighted by Crippen LogP contribution is 2.38. The van der Waals surface area contributed by atoms with Crippen LogP contribution in [0.3, 0.4) is 0 Å². The Morgan fingerprint density at radius 3 is 1.33 bits per heavy atom. The molecule has 0 amide bonds. The smallest absolute Gasteiger partial charge is 0.195 e. The molecule has 0 N–H and O–H groups in total. The maximum atomic E-state index is 13.5. The predicted molar refractivity (Wildman–Crippen MR) is 161 cm³/mol. The van der Waals surface area contributed by atoms with Crippen molar-refractivity contribution in [1.82, 2.24) is 0 Å². The Bertz CT molecular complexity index is 1440. The molecule has 0 aliphatic heterocycles. The summed E-state index contributed by atoms with van der Waals surface area (Å²) in [6, 6.07) is 4.06. The van der Waals surface area contributed by atoms with E-state index in [0.717, 1.165) is 67.4 Å². The molecule has 5 rings (SSSR count). The number of unbranched alkanes of at least 4 members (excludes halogenated alkanes) is 10. The maximum Gasteiger partial charge on any atom is 0.195 e. The van der Waals surface area contributed by atoms with E-state index in [1.807, 2.05) is 12.1 Å². The molecular formula is C32H38O2S2. The van der Waals surface area contributed by atoms with E-state index < -0.39 is 0 Å². The fourth-order valence-corrected chi connectivity index (χ4v) is 8.13. The Morgan fingerprint density at radius 2 is 0.917 bits per heavy atom. The van der Waals surface area contributed by atoms with Gasteiger partial charge in [-0.05, 0) is 59.7 Å². The summed E-state index contributed by atoms with van der Waals surface area (Å²) in [6.45, 7) is 4.49. The molecule has 190 valence electrons. The lowest BCUT2D eigenvalue weighted by atomic mass is 10.1. The topological polar surface area (TPSA) is 34.1 Å². The average Bonchev–Trinajstić information content (AvgIpc) is 3.62. The molecule has 2 aromatic heterocycles. The summed E-state index contributed by atoms with van der Waals surface area (Å²) in [7, 11) is 0. The van der Waals surface area contributed by atoms with Gasteiger partial charge in [0.25, 0.3) is 0 Å². The fraction of sp³-hybridized carbons (Fsp3) is 0.500. The molecule has 0 fully saturated rings. The van der Waals surface area contributed by atoms with Crippen molar-refractivity contribution >= 4 is 64.4 Å². The number of fused-ring (bicyclic) bond motifs is 6. The molecule has 0 radical (unpaired) electrons. The van der Waals surface area contributed by atoms with Gasteiger partial charge in [0, 0.05) is 41.7 Å². The van der Waals surface area contributed by atoms with Crippen LogP contribution in [0, 0.1) is 0 Å². The van der Waals surface area contributed by atoms with Gasteiger partial charge in [-0.25, -0.2) is 0 Å². The number of hydrogen-bond acceptors (Lipinski definition) is 4. The van der Waals surface area contributed by atoms with Crippen molar-refractivity contribution in [1.29, 1.82) is 0 Å². The van der Waals surface area contributed by atoms with E-state index in [1.165, 1.54) is 75.3 Å². The molecule has 2 nitrogen and oxygen atoms in total. The summed E-state index contributed by atoms with van der Waals surface area (Å²) in [4.78, 5) is 27.0. The number of rotatable bonds is 14. The van der Waals surface area contributed by atoms with Crippen LogP contribution in [0.4, 0.5) is 0 Å². The van der Waals surface area contributed by atoms with Gasteiger partial charge in [0.2, 0.25) is 0 Å². The van der Waals surface area contributed by atoms with Gasteiger partial charge in [-0.15, -0.1) is 22.7 Å². The van der Waals surface area contributed by atoms with E-state index in [0.29, 0.717) is 0 Å². The highest BCUT2D eigenvalue weighted by Gasteiger charge is 2.21. The molecule has 0 bridgehead atoms. The molecule has 36 heavy (non-hydrogen) atoms. The molecule has 2 heterocycles. The van der Waals surface area contributed by atoms with Gasteiger partial charge in [0.15, 0.2) is 10.9 Å². The average molecular weight is 519 g/mol. The summed E-state index contributed by atoms with van der Waals surface area (Å²) >= 11 is 3.36. The Labute approximate surface area is 222 Å².